The second-order valence-corrected chi connectivity index (χ2v) is 9.70. The summed E-state index contributed by atoms with van der Waals surface area (Å²) in [6.45, 7) is 2.15. The molecule has 2 unspecified atom stereocenters. The van der Waals surface area contributed by atoms with Crippen LogP contribution in [0.4, 0.5) is 9.93 Å². The van der Waals surface area contributed by atoms with Gasteiger partial charge in [-0.2, -0.15) is 0 Å². The largest absolute Gasteiger partial charge is 0.332 e. The summed E-state index contributed by atoms with van der Waals surface area (Å²) in [6.07, 6.45) is 8.95. The van der Waals surface area contributed by atoms with Crippen LogP contribution in [0.3, 0.4) is 0 Å². The molecule has 4 atom stereocenters. The first-order valence-corrected chi connectivity index (χ1v) is 10.5. The van der Waals surface area contributed by atoms with Crippen LogP contribution >= 0.6 is 11.3 Å². The van der Waals surface area contributed by atoms with Crippen molar-refractivity contribution >= 4 is 22.5 Å². The van der Waals surface area contributed by atoms with Gasteiger partial charge in [-0.05, 0) is 68.3 Å². The lowest BCUT2D eigenvalue weighted by atomic mass is 9.45. The first kappa shape index (κ1) is 16.3. The number of hydrogen-bond acceptors (Lipinski definition) is 3. The number of carbonyl (C=O) groups is 1. The molecule has 5 heteroatoms. The molecule has 2 amide bonds. The van der Waals surface area contributed by atoms with Gasteiger partial charge < -0.3 is 5.32 Å². The Labute approximate surface area is 158 Å². The summed E-state index contributed by atoms with van der Waals surface area (Å²) < 4.78 is 0. The van der Waals surface area contributed by atoms with Crippen molar-refractivity contribution in [3.63, 3.8) is 0 Å². The zero-order chi connectivity index (χ0) is 17.8. The van der Waals surface area contributed by atoms with E-state index in [4.69, 9.17) is 0 Å². The molecule has 2 aromatic rings. The van der Waals surface area contributed by atoms with Gasteiger partial charge in [-0.1, -0.05) is 29.8 Å². The summed E-state index contributed by atoms with van der Waals surface area (Å²) >= 11 is 1.46. The Balaban J connectivity index is 1.41. The number of hydrogen-bond donors (Lipinski definition) is 2. The monoisotopic (exact) mass is 367 g/mol. The fourth-order valence-corrected chi connectivity index (χ4v) is 6.83. The predicted octanol–water partition coefficient (Wildman–Crippen LogP) is 4.86. The van der Waals surface area contributed by atoms with Crippen molar-refractivity contribution in [1.29, 1.82) is 0 Å². The molecule has 4 bridgehead atoms. The van der Waals surface area contributed by atoms with Gasteiger partial charge in [-0.25, -0.2) is 9.78 Å². The van der Waals surface area contributed by atoms with E-state index in [1.807, 2.05) is 5.38 Å². The van der Waals surface area contributed by atoms with Crippen LogP contribution in [0.15, 0.2) is 35.8 Å². The number of nitrogens with one attached hydrogen (secondary N) is 2. The van der Waals surface area contributed by atoms with E-state index in [0.29, 0.717) is 5.13 Å². The highest BCUT2D eigenvalue weighted by Crippen LogP contribution is 2.62. The molecule has 2 N–H and O–H groups in total. The van der Waals surface area contributed by atoms with Crippen molar-refractivity contribution in [2.24, 2.45) is 11.8 Å². The maximum absolute atomic E-state index is 12.6. The van der Waals surface area contributed by atoms with Gasteiger partial charge in [0, 0.05) is 17.1 Å². The SMILES string of the molecule is Cc1ccc(C23C[C@@H]4C[C@@H](CC(NC(=O)Nc5nccs5)(C4)C2)C3)cc1. The second kappa shape index (κ2) is 5.81. The van der Waals surface area contributed by atoms with Crippen LogP contribution in [0.1, 0.15) is 49.7 Å². The normalized spacial score (nSPS) is 34.7. The van der Waals surface area contributed by atoms with E-state index in [1.54, 1.807) is 6.20 Å². The molecule has 0 spiro atoms. The minimum absolute atomic E-state index is 0.0592. The van der Waals surface area contributed by atoms with Crippen molar-refractivity contribution < 1.29 is 4.79 Å². The molecule has 4 aliphatic carbocycles. The minimum atomic E-state index is -0.0963. The zero-order valence-corrected chi connectivity index (χ0v) is 15.9. The zero-order valence-electron chi connectivity index (χ0n) is 15.1. The third-order valence-electron chi connectivity index (χ3n) is 6.76. The molecule has 4 aliphatic rings. The summed E-state index contributed by atoms with van der Waals surface area (Å²) in [4.78, 5) is 16.8. The van der Waals surface area contributed by atoms with E-state index in [-0.39, 0.29) is 17.0 Å². The molecule has 0 radical (unpaired) electrons. The van der Waals surface area contributed by atoms with E-state index in [1.165, 1.54) is 41.7 Å². The van der Waals surface area contributed by atoms with Crippen molar-refractivity contribution in [3.05, 3.63) is 47.0 Å². The van der Waals surface area contributed by atoms with Crippen molar-refractivity contribution in [2.45, 2.75) is 56.4 Å². The molecular formula is C21H25N3OS. The topological polar surface area (TPSA) is 54.0 Å². The third kappa shape index (κ3) is 2.73. The lowest BCUT2D eigenvalue weighted by Crippen LogP contribution is -2.64. The van der Waals surface area contributed by atoms with Gasteiger partial charge >= 0.3 is 6.03 Å². The summed E-state index contributed by atoms with van der Waals surface area (Å²) in [5, 5.41) is 8.85. The molecule has 4 fully saturated rings. The molecule has 1 heterocycles. The summed E-state index contributed by atoms with van der Waals surface area (Å²) in [6, 6.07) is 9.03. The Morgan fingerprint density at radius 1 is 1.15 bits per heavy atom. The number of amides is 2. The lowest BCUT2D eigenvalue weighted by molar-refractivity contribution is -0.0343. The van der Waals surface area contributed by atoms with E-state index in [2.05, 4.69) is 46.8 Å². The van der Waals surface area contributed by atoms with Crippen LogP contribution in [-0.4, -0.2) is 16.6 Å². The quantitative estimate of drug-likeness (QED) is 0.814. The summed E-state index contributed by atoms with van der Waals surface area (Å²) in [7, 11) is 0. The van der Waals surface area contributed by atoms with E-state index >= 15 is 0 Å². The number of urea groups is 1. The number of carbonyl (C=O) groups excluding carboxylic acids is 1. The maximum Gasteiger partial charge on any atom is 0.321 e. The van der Waals surface area contributed by atoms with Crippen LogP contribution < -0.4 is 10.6 Å². The highest BCUT2D eigenvalue weighted by atomic mass is 32.1. The van der Waals surface area contributed by atoms with E-state index in [0.717, 1.165) is 31.1 Å². The first-order chi connectivity index (χ1) is 12.5. The van der Waals surface area contributed by atoms with Gasteiger partial charge in [0.05, 0.1) is 0 Å². The van der Waals surface area contributed by atoms with Gasteiger partial charge in [0.15, 0.2) is 5.13 Å². The van der Waals surface area contributed by atoms with E-state index in [9.17, 15) is 4.79 Å². The molecule has 136 valence electrons. The minimum Gasteiger partial charge on any atom is -0.332 e. The highest BCUT2D eigenvalue weighted by Gasteiger charge is 2.58. The van der Waals surface area contributed by atoms with Crippen LogP contribution in [0.5, 0.6) is 0 Å². The molecule has 1 aromatic heterocycles. The van der Waals surface area contributed by atoms with Crippen LogP contribution in [-0.2, 0) is 5.41 Å². The summed E-state index contributed by atoms with van der Waals surface area (Å²) in [5.41, 5.74) is 2.97. The molecular weight excluding hydrogens is 342 g/mol. The molecule has 6 rings (SSSR count). The van der Waals surface area contributed by atoms with Crippen LogP contribution in [0.25, 0.3) is 0 Å². The smallest absolute Gasteiger partial charge is 0.321 e. The fourth-order valence-electron chi connectivity index (χ4n) is 6.31. The Morgan fingerprint density at radius 3 is 2.54 bits per heavy atom. The lowest BCUT2D eigenvalue weighted by Gasteiger charge is -2.62. The van der Waals surface area contributed by atoms with Crippen LogP contribution in [0.2, 0.25) is 0 Å². The standard InChI is InChI=1S/C21H25N3OS/c1-14-2-4-17(5-3-14)20-9-15-8-16(10-20)12-21(11-15,13-20)24-18(25)23-19-22-6-7-26-19/h2-7,15-16H,8-13H2,1H3,(H2,22,23,24,25)/t15-,16+,20?,21?. The van der Waals surface area contributed by atoms with Gasteiger partial charge in [0.1, 0.15) is 0 Å². The molecule has 4 nitrogen and oxygen atoms in total. The Hall–Kier alpha value is -1.88. The molecule has 4 saturated carbocycles. The van der Waals surface area contributed by atoms with Crippen molar-refractivity contribution in [3.8, 4) is 0 Å². The van der Waals surface area contributed by atoms with Gasteiger partial charge in [-0.15, -0.1) is 11.3 Å². The average molecular weight is 368 g/mol. The van der Waals surface area contributed by atoms with Gasteiger partial charge in [0.25, 0.3) is 0 Å². The van der Waals surface area contributed by atoms with Gasteiger partial charge in [0.2, 0.25) is 0 Å². The fraction of sp³-hybridized carbons (Fsp3) is 0.524. The number of thiazole rings is 1. The number of anilines is 1. The Bertz CT molecular complexity index is 800. The molecule has 1 aromatic carbocycles. The maximum atomic E-state index is 12.6. The Morgan fingerprint density at radius 2 is 1.88 bits per heavy atom. The van der Waals surface area contributed by atoms with Crippen molar-refractivity contribution in [2.75, 3.05) is 5.32 Å². The number of aryl methyl sites for hydroxylation is 1. The average Bonchev–Trinajstić information content (AvgIpc) is 3.06. The number of benzene rings is 1. The van der Waals surface area contributed by atoms with Gasteiger partial charge in [-0.3, -0.25) is 5.32 Å². The number of rotatable bonds is 3. The van der Waals surface area contributed by atoms with Crippen molar-refractivity contribution in [1.82, 2.24) is 10.3 Å². The summed E-state index contributed by atoms with van der Waals surface area (Å²) in [5.74, 6) is 1.47. The van der Waals surface area contributed by atoms with E-state index < -0.39 is 0 Å². The van der Waals surface area contributed by atoms with Crippen LogP contribution in [0, 0.1) is 18.8 Å². The third-order valence-corrected chi connectivity index (χ3v) is 7.45. The second-order valence-electron chi connectivity index (χ2n) is 8.80. The molecule has 0 aliphatic heterocycles. The first-order valence-electron chi connectivity index (χ1n) is 9.60. The molecule has 0 saturated heterocycles. The molecule has 26 heavy (non-hydrogen) atoms. The highest BCUT2D eigenvalue weighted by molar-refractivity contribution is 7.13. The number of nitrogens with zero attached hydrogens (tertiary/aromatic N) is 1. The predicted molar refractivity (Wildman–Crippen MR) is 105 cm³/mol. The Kier molecular flexibility index (Phi) is 3.64. The number of aromatic nitrogens is 1.